The molecule has 0 rings (SSSR count). The van der Waals surface area contributed by atoms with Crippen LogP contribution in [0.2, 0.25) is 0 Å². The maximum absolute atomic E-state index is 3.78. The lowest BCUT2D eigenvalue weighted by atomic mass is 9.96. The van der Waals surface area contributed by atoms with Crippen LogP contribution in [-0.2, 0) is 0 Å². The predicted octanol–water partition coefficient (Wildman–Crippen LogP) is 4.87. The van der Waals surface area contributed by atoms with Crippen molar-refractivity contribution in [3.8, 4) is 0 Å². The molecule has 0 aromatic rings. The van der Waals surface area contributed by atoms with Gasteiger partial charge in [0.15, 0.2) is 0 Å². The van der Waals surface area contributed by atoms with Gasteiger partial charge in [-0.1, -0.05) is 44.4 Å². The third-order valence-electron chi connectivity index (χ3n) is 2.56. The fourth-order valence-electron chi connectivity index (χ4n) is 1.79. The van der Waals surface area contributed by atoms with Crippen LogP contribution in [-0.4, -0.2) is 0 Å². The van der Waals surface area contributed by atoms with Gasteiger partial charge in [-0.25, -0.2) is 0 Å². The first kappa shape index (κ1) is 12.5. The Labute approximate surface area is 83.7 Å². The van der Waals surface area contributed by atoms with Crippen molar-refractivity contribution in [2.75, 3.05) is 0 Å². The summed E-state index contributed by atoms with van der Waals surface area (Å²) in [6, 6.07) is 0. The zero-order chi connectivity index (χ0) is 10.1. The molecule has 0 unspecified atom stereocenters. The summed E-state index contributed by atoms with van der Waals surface area (Å²) in [6.45, 7) is 10.6. The Morgan fingerprint density at radius 2 is 1.54 bits per heavy atom. The van der Waals surface area contributed by atoms with E-state index >= 15 is 0 Å². The minimum absolute atomic E-state index is 1.14. The maximum Gasteiger partial charge on any atom is -0.0283 e. The maximum atomic E-state index is 3.78. The Morgan fingerprint density at radius 1 is 1.00 bits per heavy atom. The van der Waals surface area contributed by atoms with Gasteiger partial charge in [0.25, 0.3) is 0 Å². The minimum Gasteiger partial charge on any atom is -0.103 e. The van der Waals surface area contributed by atoms with Crippen LogP contribution in [0.15, 0.2) is 23.8 Å². The molecule has 0 atom stereocenters. The Balaban J connectivity index is 4.30. The molecule has 0 radical (unpaired) electrons. The summed E-state index contributed by atoms with van der Waals surface area (Å²) in [5, 5.41) is 0. The summed E-state index contributed by atoms with van der Waals surface area (Å²) >= 11 is 0. The van der Waals surface area contributed by atoms with Crippen LogP contribution in [0.1, 0.15) is 59.3 Å². The van der Waals surface area contributed by atoms with Crippen LogP contribution in [0.4, 0.5) is 0 Å². The SMILES string of the molecule is C=CCCC(CC)=C(CC)CCC. The highest BCUT2D eigenvalue weighted by molar-refractivity contribution is 5.14. The molecule has 0 aromatic carbocycles. The Morgan fingerprint density at radius 3 is 1.92 bits per heavy atom. The summed E-state index contributed by atoms with van der Waals surface area (Å²) in [4.78, 5) is 0. The number of allylic oxidation sites excluding steroid dienone is 3. The smallest absolute Gasteiger partial charge is 0.0283 e. The number of rotatable bonds is 7. The van der Waals surface area contributed by atoms with Crippen LogP contribution in [0.3, 0.4) is 0 Å². The summed E-state index contributed by atoms with van der Waals surface area (Å²) in [5.41, 5.74) is 3.36. The van der Waals surface area contributed by atoms with Crippen molar-refractivity contribution in [2.45, 2.75) is 59.3 Å². The molecule has 0 N–H and O–H groups in total. The van der Waals surface area contributed by atoms with Gasteiger partial charge in [-0.05, 0) is 32.1 Å². The molecule has 0 amide bonds. The second-order valence-corrected chi connectivity index (χ2v) is 3.49. The Hall–Kier alpha value is -0.520. The fourth-order valence-corrected chi connectivity index (χ4v) is 1.79. The highest BCUT2D eigenvalue weighted by atomic mass is 14.1. The normalized spacial score (nSPS) is 12.5. The highest BCUT2D eigenvalue weighted by Crippen LogP contribution is 2.21. The first-order valence-electron chi connectivity index (χ1n) is 5.60. The predicted molar refractivity (Wildman–Crippen MR) is 61.9 cm³/mol. The molecule has 0 aliphatic carbocycles. The molecule has 0 bridgehead atoms. The molecular formula is C13H24. The topological polar surface area (TPSA) is 0 Å². The number of hydrogen-bond acceptors (Lipinski definition) is 0. The highest BCUT2D eigenvalue weighted by Gasteiger charge is 2.01. The van der Waals surface area contributed by atoms with E-state index in [0.29, 0.717) is 0 Å². The van der Waals surface area contributed by atoms with E-state index in [4.69, 9.17) is 0 Å². The van der Waals surface area contributed by atoms with Crippen molar-refractivity contribution in [3.05, 3.63) is 23.8 Å². The van der Waals surface area contributed by atoms with Crippen molar-refractivity contribution in [3.63, 3.8) is 0 Å². The van der Waals surface area contributed by atoms with Gasteiger partial charge in [-0.15, -0.1) is 6.58 Å². The van der Waals surface area contributed by atoms with E-state index in [-0.39, 0.29) is 0 Å². The number of hydrogen-bond donors (Lipinski definition) is 0. The van der Waals surface area contributed by atoms with Gasteiger partial charge in [0.2, 0.25) is 0 Å². The molecular weight excluding hydrogens is 156 g/mol. The largest absolute Gasteiger partial charge is 0.103 e. The third-order valence-corrected chi connectivity index (χ3v) is 2.56. The van der Waals surface area contributed by atoms with Gasteiger partial charge in [0, 0.05) is 0 Å². The van der Waals surface area contributed by atoms with Crippen LogP contribution < -0.4 is 0 Å². The van der Waals surface area contributed by atoms with Crippen molar-refractivity contribution in [1.82, 2.24) is 0 Å². The molecule has 76 valence electrons. The van der Waals surface area contributed by atoms with E-state index in [1.165, 1.54) is 32.1 Å². The van der Waals surface area contributed by atoms with Crippen LogP contribution in [0, 0.1) is 0 Å². The van der Waals surface area contributed by atoms with E-state index in [9.17, 15) is 0 Å². The van der Waals surface area contributed by atoms with Gasteiger partial charge in [0.1, 0.15) is 0 Å². The van der Waals surface area contributed by atoms with Crippen LogP contribution in [0.5, 0.6) is 0 Å². The Bertz CT molecular complexity index is 163. The second kappa shape index (κ2) is 8.10. The molecule has 0 aliphatic rings. The minimum atomic E-state index is 1.14. The van der Waals surface area contributed by atoms with Crippen molar-refractivity contribution in [1.29, 1.82) is 0 Å². The van der Waals surface area contributed by atoms with Gasteiger partial charge in [0.05, 0.1) is 0 Å². The lowest BCUT2D eigenvalue weighted by Crippen LogP contribution is -1.91. The molecule has 0 heterocycles. The Kier molecular flexibility index (Phi) is 7.77. The molecule has 13 heavy (non-hydrogen) atoms. The van der Waals surface area contributed by atoms with Gasteiger partial charge < -0.3 is 0 Å². The average molecular weight is 180 g/mol. The molecule has 0 spiro atoms. The van der Waals surface area contributed by atoms with E-state index in [0.717, 1.165) is 6.42 Å². The molecule has 0 fully saturated rings. The van der Waals surface area contributed by atoms with Crippen molar-refractivity contribution >= 4 is 0 Å². The molecule has 0 saturated heterocycles. The van der Waals surface area contributed by atoms with Crippen molar-refractivity contribution < 1.29 is 0 Å². The second-order valence-electron chi connectivity index (χ2n) is 3.49. The lowest BCUT2D eigenvalue weighted by molar-refractivity contribution is 0.791. The van der Waals surface area contributed by atoms with Crippen LogP contribution in [0.25, 0.3) is 0 Å². The van der Waals surface area contributed by atoms with E-state index in [1.807, 2.05) is 6.08 Å². The van der Waals surface area contributed by atoms with E-state index < -0.39 is 0 Å². The summed E-state index contributed by atoms with van der Waals surface area (Å²) in [5.74, 6) is 0. The molecule has 0 heteroatoms. The third kappa shape index (κ3) is 4.92. The molecule has 0 aliphatic heterocycles. The van der Waals surface area contributed by atoms with Gasteiger partial charge in [-0.3, -0.25) is 0 Å². The first-order chi connectivity index (χ1) is 6.29. The first-order valence-corrected chi connectivity index (χ1v) is 5.60. The van der Waals surface area contributed by atoms with Gasteiger partial charge in [-0.2, -0.15) is 0 Å². The van der Waals surface area contributed by atoms with E-state index in [2.05, 4.69) is 27.4 Å². The van der Waals surface area contributed by atoms with Crippen molar-refractivity contribution in [2.24, 2.45) is 0 Å². The monoisotopic (exact) mass is 180 g/mol. The standard InChI is InChI=1S/C13H24/c1-5-9-11-13(8-4)12(7-3)10-6-2/h5H,1,6-11H2,2-4H3. The summed E-state index contributed by atoms with van der Waals surface area (Å²) < 4.78 is 0. The lowest BCUT2D eigenvalue weighted by Gasteiger charge is -2.11. The molecule has 0 saturated carbocycles. The summed E-state index contributed by atoms with van der Waals surface area (Å²) in [7, 11) is 0. The summed E-state index contributed by atoms with van der Waals surface area (Å²) in [6.07, 6.45) is 9.40. The molecule has 0 nitrogen and oxygen atoms in total. The fraction of sp³-hybridized carbons (Fsp3) is 0.692. The van der Waals surface area contributed by atoms with Gasteiger partial charge >= 0.3 is 0 Å². The zero-order valence-corrected chi connectivity index (χ0v) is 9.53. The van der Waals surface area contributed by atoms with Crippen LogP contribution >= 0.6 is 0 Å². The molecule has 0 aromatic heterocycles. The zero-order valence-electron chi connectivity index (χ0n) is 9.53. The van der Waals surface area contributed by atoms with E-state index in [1.54, 1.807) is 11.1 Å². The average Bonchev–Trinajstić information content (AvgIpc) is 2.17. The quantitative estimate of drug-likeness (QED) is 0.490.